The standard InChI is InChI=1S/C19H24N2O5S/c1-19(2,3)14-6-4-5-7-15(14)20-18(22)16-8-9-17(26-16)27(23,24)21-10-12-25-13-11-21/h4-9H,10-13H2,1-3H3,(H,20,22). The molecule has 1 amide bonds. The van der Waals surface area contributed by atoms with Crippen molar-refractivity contribution in [2.45, 2.75) is 31.3 Å². The Morgan fingerprint density at radius 3 is 2.41 bits per heavy atom. The normalized spacial score (nSPS) is 16.3. The molecular weight excluding hydrogens is 368 g/mol. The maximum absolute atomic E-state index is 12.6. The van der Waals surface area contributed by atoms with E-state index in [1.54, 1.807) is 0 Å². The van der Waals surface area contributed by atoms with Crippen LogP contribution in [0.25, 0.3) is 0 Å². The zero-order valence-corrected chi connectivity index (χ0v) is 16.5. The van der Waals surface area contributed by atoms with Gasteiger partial charge in [0.25, 0.3) is 15.9 Å². The fraction of sp³-hybridized carbons (Fsp3) is 0.421. The molecule has 0 radical (unpaired) electrons. The molecule has 0 atom stereocenters. The molecule has 1 N–H and O–H groups in total. The van der Waals surface area contributed by atoms with E-state index in [0.717, 1.165) is 5.56 Å². The van der Waals surface area contributed by atoms with Crippen LogP contribution in [-0.2, 0) is 20.2 Å². The molecule has 1 aliphatic heterocycles. The first-order valence-electron chi connectivity index (χ1n) is 8.78. The monoisotopic (exact) mass is 392 g/mol. The average molecular weight is 392 g/mol. The lowest BCUT2D eigenvalue weighted by molar-refractivity contribution is 0.0723. The summed E-state index contributed by atoms with van der Waals surface area (Å²) in [7, 11) is -3.77. The van der Waals surface area contributed by atoms with Gasteiger partial charge in [-0.1, -0.05) is 39.0 Å². The van der Waals surface area contributed by atoms with E-state index < -0.39 is 15.9 Å². The average Bonchev–Trinajstić information content (AvgIpc) is 3.13. The smallest absolute Gasteiger partial charge is 0.291 e. The lowest BCUT2D eigenvalue weighted by atomic mass is 9.86. The number of rotatable bonds is 4. The van der Waals surface area contributed by atoms with E-state index in [1.165, 1.54) is 16.4 Å². The fourth-order valence-corrected chi connectivity index (χ4v) is 4.24. The van der Waals surface area contributed by atoms with E-state index in [1.807, 2.05) is 24.3 Å². The third-order valence-corrected chi connectivity index (χ3v) is 6.13. The Labute approximate surface area is 159 Å². The van der Waals surface area contributed by atoms with Crippen LogP contribution in [-0.4, -0.2) is 44.9 Å². The number of carbonyl (C=O) groups is 1. The summed E-state index contributed by atoms with van der Waals surface area (Å²) in [6.07, 6.45) is 0. The predicted molar refractivity (Wildman–Crippen MR) is 101 cm³/mol. The van der Waals surface area contributed by atoms with Crippen LogP contribution in [0.3, 0.4) is 0 Å². The highest BCUT2D eigenvalue weighted by molar-refractivity contribution is 7.89. The summed E-state index contributed by atoms with van der Waals surface area (Å²) in [6, 6.07) is 10.2. The highest BCUT2D eigenvalue weighted by atomic mass is 32.2. The van der Waals surface area contributed by atoms with Gasteiger partial charge in [-0.15, -0.1) is 0 Å². The summed E-state index contributed by atoms with van der Waals surface area (Å²) in [5, 5.41) is 2.58. The summed E-state index contributed by atoms with van der Waals surface area (Å²) < 4.78 is 37.1. The van der Waals surface area contributed by atoms with Crippen LogP contribution in [0.1, 0.15) is 36.9 Å². The summed E-state index contributed by atoms with van der Waals surface area (Å²) in [6.45, 7) is 7.38. The van der Waals surface area contributed by atoms with Crippen LogP contribution < -0.4 is 5.32 Å². The highest BCUT2D eigenvalue weighted by Crippen LogP contribution is 2.30. The van der Waals surface area contributed by atoms with Gasteiger partial charge in [-0.2, -0.15) is 4.31 Å². The van der Waals surface area contributed by atoms with Gasteiger partial charge in [0.05, 0.1) is 13.2 Å². The van der Waals surface area contributed by atoms with Crippen LogP contribution in [0, 0.1) is 0 Å². The zero-order valence-electron chi connectivity index (χ0n) is 15.7. The van der Waals surface area contributed by atoms with Gasteiger partial charge >= 0.3 is 0 Å². The summed E-state index contributed by atoms with van der Waals surface area (Å²) >= 11 is 0. The van der Waals surface area contributed by atoms with Gasteiger partial charge in [-0.25, -0.2) is 8.42 Å². The van der Waals surface area contributed by atoms with Crippen LogP contribution in [0.15, 0.2) is 45.9 Å². The Balaban J connectivity index is 1.80. The SMILES string of the molecule is CC(C)(C)c1ccccc1NC(=O)c1ccc(S(=O)(=O)N2CCOCC2)o1. The van der Waals surface area contributed by atoms with Crippen molar-refractivity contribution in [1.82, 2.24) is 4.31 Å². The van der Waals surface area contributed by atoms with E-state index in [0.29, 0.717) is 18.9 Å². The molecule has 1 saturated heterocycles. The molecule has 146 valence electrons. The number of hydrogen-bond donors (Lipinski definition) is 1. The minimum absolute atomic E-state index is 0.0504. The lowest BCUT2D eigenvalue weighted by Gasteiger charge is -2.24. The van der Waals surface area contributed by atoms with Gasteiger partial charge in [0, 0.05) is 18.8 Å². The molecule has 7 nitrogen and oxygen atoms in total. The first-order valence-corrected chi connectivity index (χ1v) is 10.2. The second-order valence-electron chi connectivity index (χ2n) is 7.38. The van der Waals surface area contributed by atoms with Crippen molar-refractivity contribution in [3.05, 3.63) is 47.7 Å². The molecule has 2 aromatic rings. The molecule has 1 aromatic carbocycles. The topological polar surface area (TPSA) is 88.9 Å². The number of ether oxygens (including phenoxy) is 1. The Morgan fingerprint density at radius 1 is 1.07 bits per heavy atom. The van der Waals surface area contributed by atoms with Gasteiger partial charge in [-0.05, 0) is 29.2 Å². The van der Waals surface area contributed by atoms with E-state index >= 15 is 0 Å². The molecule has 3 rings (SSSR count). The molecule has 8 heteroatoms. The number of nitrogens with zero attached hydrogens (tertiary/aromatic N) is 1. The van der Waals surface area contributed by atoms with Crippen molar-refractivity contribution >= 4 is 21.6 Å². The van der Waals surface area contributed by atoms with E-state index in [9.17, 15) is 13.2 Å². The maximum atomic E-state index is 12.6. The number of hydrogen-bond acceptors (Lipinski definition) is 5. The van der Waals surface area contributed by atoms with Crippen molar-refractivity contribution < 1.29 is 22.4 Å². The molecule has 1 fully saturated rings. The van der Waals surface area contributed by atoms with Gasteiger partial charge < -0.3 is 14.5 Å². The first kappa shape index (κ1) is 19.6. The van der Waals surface area contributed by atoms with Crippen molar-refractivity contribution in [2.24, 2.45) is 0 Å². The number of para-hydroxylation sites is 1. The molecule has 2 heterocycles. The molecule has 0 bridgehead atoms. The number of nitrogens with one attached hydrogen (secondary N) is 1. The summed E-state index contributed by atoms with van der Waals surface area (Å²) in [5.41, 5.74) is 1.49. The molecule has 0 saturated carbocycles. The van der Waals surface area contributed by atoms with E-state index in [4.69, 9.17) is 9.15 Å². The highest BCUT2D eigenvalue weighted by Gasteiger charge is 2.30. The minimum atomic E-state index is -3.77. The minimum Gasteiger partial charge on any atom is -0.438 e. The van der Waals surface area contributed by atoms with E-state index in [2.05, 4.69) is 26.1 Å². The second-order valence-corrected chi connectivity index (χ2v) is 9.25. The summed E-state index contributed by atoms with van der Waals surface area (Å²) in [4.78, 5) is 12.6. The van der Waals surface area contributed by atoms with Crippen LogP contribution >= 0.6 is 0 Å². The van der Waals surface area contributed by atoms with Crippen molar-refractivity contribution in [3.63, 3.8) is 0 Å². The Kier molecular flexibility index (Phi) is 5.41. The van der Waals surface area contributed by atoms with Gasteiger partial charge in [0.2, 0.25) is 5.09 Å². The quantitative estimate of drug-likeness (QED) is 0.864. The molecule has 1 aromatic heterocycles. The molecular formula is C19H24N2O5S. The van der Waals surface area contributed by atoms with Crippen molar-refractivity contribution in [1.29, 1.82) is 0 Å². The Bertz CT molecular complexity index is 922. The van der Waals surface area contributed by atoms with Crippen LogP contribution in [0.5, 0.6) is 0 Å². The second kappa shape index (κ2) is 7.46. The van der Waals surface area contributed by atoms with Gasteiger partial charge in [-0.3, -0.25) is 4.79 Å². The largest absolute Gasteiger partial charge is 0.438 e. The number of anilines is 1. The molecule has 0 unspecified atom stereocenters. The van der Waals surface area contributed by atoms with Crippen molar-refractivity contribution in [2.75, 3.05) is 31.6 Å². The Morgan fingerprint density at radius 2 is 1.74 bits per heavy atom. The third kappa shape index (κ3) is 4.23. The molecule has 27 heavy (non-hydrogen) atoms. The van der Waals surface area contributed by atoms with Gasteiger partial charge in [0.15, 0.2) is 5.76 Å². The first-order chi connectivity index (χ1) is 12.7. The fourth-order valence-electron chi connectivity index (χ4n) is 2.93. The zero-order chi connectivity index (χ0) is 19.7. The number of furan rings is 1. The number of carbonyl (C=O) groups excluding carboxylic acids is 1. The Hall–Kier alpha value is -2.16. The summed E-state index contributed by atoms with van der Waals surface area (Å²) in [5.74, 6) is -0.541. The predicted octanol–water partition coefficient (Wildman–Crippen LogP) is 2.85. The van der Waals surface area contributed by atoms with Gasteiger partial charge in [0.1, 0.15) is 0 Å². The lowest BCUT2D eigenvalue weighted by Crippen LogP contribution is -2.40. The molecule has 0 spiro atoms. The number of sulfonamides is 1. The molecule has 1 aliphatic rings. The number of benzene rings is 1. The van der Waals surface area contributed by atoms with Crippen LogP contribution in [0.4, 0.5) is 5.69 Å². The van der Waals surface area contributed by atoms with Crippen molar-refractivity contribution in [3.8, 4) is 0 Å². The number of morpholine rings is 1. The number of amides is 1. The van der Waals surface area contributed by atoms with E-state index in [-0.39, 0.29) is 29.4 Å². The maximum Gasteiger partial charge on any atom is 0.291 e. The van der Waals surface area contributed by atoms with Crippen LogP contribution in [0.2, 0.25) is 0 Å². The molecule has 0 aliphatic carbocycles. The third-order valence-electron chi connectivity index (χ3n) is 4.35.